The van der Waals surface area contributed by atoms with E-state index in [9.17, 15) is 28.1 Å². The topological polar surface area (TPSA) is 165 Å². The minimum absolute atomic E-state index is 0.0889. The summed E-state index contributed by atoms with van der Waals surface area (Å²) in [5.74, 6) is -2.72. The number of aliphatic carboxylic acids is 1. The largest absolute Gasteiger partial charge is 0.487 e. The SMILES string of the molecule is CON(C)C(=O)C(CC(=O)O)NS(=O)(=O)c1ccc([N+](=O)[O-])cc1OCc1ccccc1. The summed E-state index contributed by atoms with van der Waals surface area (Å²) in [5.41, 5.74) is 0.264. The molecule has 2 aromatic rings. The Hall–Kier alpha value is -3.55. The lowest BCUT2D eigenvalue weighted by Gasteiger charge is -2.22. The van der Waals surface area contributed by atoms with Gasteiger partial charge < -0.3 is 9.84 Å². The van der Waals surface area contributed by atoms with Crippen molar-refractivity contribution in [3.05, 3.63) is 64.2 Å². The number of hydrogen-bond acceptors (Lipinski definition) is 8. The van der Waals surface area contributed by atoms with Crippen LogP contribution in [-0.4, -0.2) is 55.6 Å². The van der Waals surface area contributed by atoms with E-state index in [0.717, 1.165) is 25.3 Å². The molecule has 0 fully saturated rings. The predicted octanol–water partition coefficient (Wildman–Crippen LogP) is 1.32. The zero-order valence-electron chi connectivity index (χ0n) is 17.1. The summed E-state index contributed by atoms with van der Waals surface area (Å²) in [5, 5.41) is 20.9. The number of amides is 1. The molecule has 0 aliphatic rings. The van der Waals surface area contributed by atoms with Crippen molar-refractivity contribution in [3.8, 4) is 5.75 Å². The molecule has 2 N–H and O–H groups in total. The number of rotatable bonds is 11. The number of nitrogens with zero attached hydrogens (tertiary/aromatic N) is 2. The molecule has 0 saturated heterocycles. The van der Waals surface area contributed by atoms with Gasteiger partial charge in [0, 0.05) is 13.1 Å². The van der Waals surface area contributed by atoms with Gasteiger partial charge in [0.05, 0.1) is 24.5 Å². The Balaban J connectivity index is 2.41. The van der Waals surface area contributed by atoms with Gasteiger partial charge in [-0.25, -0.2) is 13.5 Å². The van der Waals surface area contributed by atoms with Gasteiger partial charge in [-0.05, 0) is 11.6 Å². The van der Waals surface area contributed by atoms with Gasteiger partial charge in [0.2, 0.25) is 10.0 Å². The van der Waals surface area contributed by atoms with Crippen molar-refractivity contribution in [1.29, 1.82) is 0 Å². The Morgan fingerprint density at radius 1 is 1.22 bits per heavy atom. The summed E-state index contributed by atoms with van der Waals surface area (Å²) >= 11 is 0. The van der Waals surface area contributed by atoms with Gasteiger partial charge in [-0.2, -0.15) is 4.72 Å². The lowest BCUT2D eigenvalue weighted by Crippen LogP contribution is -2.48. The molecule has 0 aliphatic heterocycles. The first-order valence-electron chi connectivity index (χ1n) is 9.06. The van der Waals surface area contributed by atoms with Gasteiger partial charge in [0.15, 0.2) is 0 Å². The van der Waals surface area contributed by atoms with Gasteiger partial charge in [0.1, 0.15) is 23.3 Å². The molecule has 0 aromatic heterocycles. The highest BCUT2D eigenvalue weighted by Gasteiger charge is 2.32. The third kappa shape index (κ3) is 6.47. The number of nitro benzene ring substituents is 1. The zero-order valence-corrected chi connectivity index (χ0v) is 17.9. The molecule has 172 valence electrons. The first-order valence-corrected chi connectivity index (χ1v) is 10.5. The maximum Gasteiger partial charge on any atom is 0.305 e. The number of sulfonamides is 1. The van der Waals surface area contributed by atoms with Crippen molar-refractivity contribution in [1.82, 2.24) is 9.79 Å². The third-order valence-corrected chi connectivity index (χ3v) is 5.73. The average molecular weight is 467 g/mol. The minimum Gasteiger partial charge on any atom is -0.487 e. The molecule has 1 unspecified atom stereocenters. The molecule has 12 nitrogen and oxygen atoms in total. The fraction of sp³-hybridized carbons (Fsp3) is 0.263. The predicted molar refractivity (Wildman–Crippen MR) is 110 cm³/mol. The van der Waals surface area contributed by atoms with E-state index >= 15 is 0 Å². The molecule has 2 rings (SSSR count). The van der Waals surface area contributed by atoms with E-state index in [1.165, 1.54) is 7.05 Å². The molecule has 0 radical (unpaired) electrons. The Morgan fingerprint density at radius 3 is 2.44 bits per heavy atom. The quantitative estimate of drug-likeness (QED) is 0.366. The average Bonchev–Trinajstić information content (AvgIpc) is 2.76. The summed E-state index contributed by atoms with van der Waals surface area (Å²) in [7, 11) is -2.20. The molecule has 2 aromatic carbocycles. The van der Waals surface area contributed by atoms with E-state index in [1.54, 1.807) is 30.3 Å². The normalized spacial score (nSPS) is 12.1. The molecule has 0 heterocycles. The maximum absolute atomic E-state index is 13.0. The molecule has 0 bridgehead atoms. The Bertz CT molecular complexity index is 1090. The first kappa shape index (κ1) is 24.7. The number of hydroxylamine groups is 2. The molecule has 0 aliphatic carbocycles. The van der Waals surface area contributed by atoms with Gasteiger partial charge in [-0.3, -0.25) is 24.5 Å². The monoisotopic (exact) mass is 467 g/mol. The van der Waals surface area contributed by atoms with E-state index in [2.05, 4.69) is 0 Å². The Labute approximate surface area is 183 Å². The van der Waals surface area contributed by atoms with E-state index in [0.29, 0.717) is 10.6 Å². The number of nitrogens with one attached hydrogen (secondary N) is 1. The molecular weight excluding hydrogens is 446 g/mol. The van der Waals surface area contributed by atoms with E-state index < -0.39 is 49.9 Å². The molecule has 0 spiro atoms. The number of carbonyl (C=O) groups excluding carboxylic acids is 1. The molecule has 32 heavy (non-hydrogen) atoms. The number of carboxylic acid groups (broad SMARTS) is 1. The molecule has 0 saturated carbocycles. The smallest absolute Gasteiger partial charge is 0.305 e. The van der Waals surface area contributed by atoms with Gasteiger partial charge in [-0.1, -0.05) is 30.3 Å². The van der Waals surface area contributed by atoms with Gasteiger partial charge >= 0.3 is 5.97 Å². The number of benzene rings is 2. The van der Waals surface area contributed by atoms with Crippen LogP contribution in [0, 0.1) is 10.1 Å². The lowest BCUT2D eigenvalue weighted by molar-refractivity contribution is -0.385. The van der Waals surface area contributed by atoms with Crippen LogP contribution in [0.25, 0.3) is 0 Å². The Morgan fingerprint density at radius 2 is 1.88 bits per heavy atom. The van der Waals surface area contributed by atoms with Crippen LogP contribution in [0.5, 0.6) is 5.75 Å². The number of ether oxygens (including phenoxy) is 1. The lowest BCUT2D eigenvalue weighted by atomic mass is 10.2. The number of nitro groups is 1. The van der Waals surface area contributed by atoms with Crippen LogP contribution in [0.4, 0.5) is 5.69 Å². The van der Waals surface area contributed by atoms with Crippen LogP contribution in [0.3, 0.4) is 0 Å². The zero-order chi connectivity index (χ0) is 23.9. The highest BCUT2D eigenvalue weighted by molar-refractivity contribution is 7.89. The van der Waals surface area contributed by atoms with Crippen LogP contribution >= 0.6 is 0 Å². The molecular formula is C19H21N3O9S. The first-order chi connectivity index (χ1) is 15.0. The maximum atomic E-state index is 13.0. The Kier molecular flexibility index (Phi) is 8.23. The molecule has 13 heteroatoms. The second-order valence-corrected chi connectivity index (χ2v) is 8.13. The highest BCUT2D eigenvalue weighted by atomic mass is 32.2. The van der Waals surface area contributed by atoms with E-state index in [4.69, 9.17) is 14.7 Å². The standard InChI is InChI=1S/C19H21N3O9S/c1-21(30-2)19(25)15(11-18(23)24)20-32(28,29)17-9-8-14(22(26)27)10-16(17)31-12-13-6-4-3-5-7-13/h3-10,15,20H,11-12H2,1-2H3,(H,23,24). The van der Waals surface area contributed by atoms with E-state index in [-0.39, 0.29) is 12.4 Å². The summed E-state index contributed by atoms with van der Waals surface area (Å²) in [6.07, 6.45) is -0.862. The number of hydrogen-bond donors (Lipinski definition) is 2. The van der Waals surface area contributed by atoms with Crippen LogP contribution in [0.15, 0.2) is 53.4 Å². The highest BCUT2D eigenvalue weighted by Crippen LogP contribution is 2.29. The summed E-state index contributed by atoms with van der Waals surface area (Å²) < 4.78 is 33.5. The summed E-state index contributed by atoms with van der Waals surface area (Å²) in [6.45, 7) is -0.0889. The van der Waals surface area contributed by atoms with Crippen molar-refractivity contribution in [3.63, 3.8) is 0 Å². The summed E-state index contributed by atoms with van der Waals surface area (Å²) in [6, 6.07) is 9.82. The van der Waals surface area contributed by atoms with Gasteiger partial charge in [-0.15, -0.1) is 0 Å². The van der Waals surface area contributed by atoms with E-state index in [1.807, 2.05) is 4.72 Å². The number of likely N-dealkylation sites (N-methyl/N-ethyl adjacent to an activating group) is 1. The minimum atomic E-state index is -4.53. The van der Waals surface area contributed by atoms with Gasteiger partial charge in [0.25, 0.3) is 11.6 Å². The van der Waals surface area contributed by atoms with Crippen molar-refractivity contribution in [2.45, 2.75) is 24.0 Å². The number of non-ortho nitro benzene ring substituents is 1. The van der Waals surface area contributed by atoms with Crippen molar-refractivity contribution >= 4 is 27.6 Å². The molecule has 1 atom stereocenters. The number of carbonyl (C=O) groups is 2. The van der Waals surface area contributed by atoms with Crippen LogP contribution in [0.1, 0.15) is 12.0 Å². The fourth-order valence-corrected chi connectivity index (χ4v) is 3.91. The second-order valence-electron chi connectivity index (χ2n) is 6.45. The van der Waals surface area contributed by atoms with Crippen molar-refractivity contribution in [2.75, 3.05) is 14.2 Å². The fourth-order valence-electron chi connectivity index (χ4n) is 2.59. The van der Waals surface area contributed by atoms with Crippen molar-refractivity contribution < 1.29 is 37.6 Å². The van der Waals surface area contributed by atoms with Crippen LogP contribution in [-0.2, 0) is 31.1 Å². The van der Waals surface area contributed by atoms with Crippen LogP contribution < -0.4 is 9.46 Å². The second kappa shape index (κ2) is 10.7. The third-order valence-electron chi connectivity index (χ3n) is 4.22. The van der Waals surface area contributed by atoms with Crippen molar-refractivity contribution in [2.24, 2.45) is 0 Å². The van der Waals surface area contributed by atoms with Crippen LogP contribution in [0.2, 0.25) is 0 Å². The number of carboxylic acids is 1. The summed E-state index contributed by atoms with van der Waals surface area (Å²) in [4.78, 5) is 38.1. The molecule has 1 amide bonds.